The highest BCUT2D eigenvalue weighted by atomic mass is 16.8. The van der Waals surface area contributed by atoms with Crippen LogP contribution in [0.3, 0.4) is 0 Å². The Morgan fingerprint density at radius 2 is 0.436 bits per heavy atom. The molecular formula is C82H54O51. The van der Waals surface area contributed by atoms with E-state index in [9.17, 15) is 162 Å². The van der Waals surface area contributed by atoms with Crippen molar-refractivity contribution in [1.29, 1.82) is 0 Å². The molecular weight excluding hydrogens is 1800 g/mol. The Morgan fingerprint density at radius 3 is 0.714 bits per heavy atom. The van der Waals surface area contributed by atoms with E-state index in [1.807, 2.05) is 0 Å². The lowest BCUT2D eigenvalue weighted by atomic mass is 9.91. The fourth-order valence-corrected chi connectivity index (χ4v) is 15.1. The molecule has 0 aromatic heterocycles. The quantitative estimate of drug-likeness (QED) is 0.0635. The minimum atomic E-state index is -2.97. The second kappa shape index (κ2) is 31.5. The Balaban J connectivity index is 0.821. The summed E-state index contributed by atoms with van der Waals surface area (Å²) in [7, 11) is 0. The zero-order valence-corrected chi connectivity index (χ0v) is 65.0. The predicted molar refractivity (Wildman–Crippen MR) is 411 cm³/mol. The summed E-state index contributed by atoms with van der Waals surface area (Å²) in [6.07, 6.45) is -27.8. The standard InChI is InChI=1S/C82H54O51/c83-25-1-15(2-26(84)47(25)93)71(111)132-81-69-68(129-77(117)21-9-32(90)53(99)61(107)43(21)44-22(78(118)130-69)10-33(91)54(100)62(44)108)66-38(124-81)14-122-74(114)18-6-29(87)50(96)58(104)40(18)46-24(80(120)127-66)12-36(56(102)64(46)110)123-35-4-16(3-27(85)48(35)94)72(112)133-82-70-67(128-76(116)20-8-31(89)52(98)60(106)42(20)45-23(79(119)131-70)11-34(92)55(101)63(45)109)65-37(125-82)13-121-73(113)17-5-28(86)49(95)57(103)39(17)41-19(75(115)126-65)7-30(88)51(97)59(41)105/h1-12,37-38,65-70,81-110H,13-14H2. The number of carbonyl (C=O) groups is 10. The third-order valence-corrected chi connectivity index (χ3v) is 21.4. The lowest BCUT2D eigenvalue weighted by Crippen LogP contribution is -2.63. The van der Waals surface area contributed by atoms with Crippen LogP contribution in [-0.2, 0) is 56.8 Å². The first-order chi connectivity index (χ1) is 62.7. The van der Waals surface area contributed by atoms with Crippen LogP contribution in [0, 0.1) is 0 Å². The summed E-state index contributed by atoms with van der Waals surface area (Å²) in [5.41, 5.74) is -22.8. The van der Waals surface area contributed by atoms with Crippen molar-refractivity contribution in [3.63, 3.8) is 0 Å². The van der Waals surface area contributed by atoms with E-state index in [1.54, 1.807) is 0 Å². The highest BCUT2D eigenvalue weighted by molar-refractivity contribution is 6.13. The van der Waals surface area contributed by atoms with Gasteiger partial charge in [0.25, 0.3) is 0 Å². The molecule has 133 heavy (non-hydrogen) atoms. The summed E-state index contributed by atoms with van der Waals surface area (Å²) < 4.78 is 74.9. The van der Waals surface area contributed by atoms with Gasteiger partial charge in [0, 0.05) is 50.6 Å². The Hall–Kier alpha value is -19.0. The number of esters is 10. The molecule has 0 bridgehead atoms. The van der Waals surface area contributed by atoms with Crippen LogP contribution in [0.4, 0.5) is 0 Å². The van der Waals surface area contributed by atoms with Crippen LogP contribution in [0.5, 0.6) is 172 Å². The van der Waals surface area contributed by atoms with E-state index in [0.29, 0.717) is 30.3 Å². The molecule has 28 N–H and O–H groups in total. The molecule has 51 nitrogen and oxygen atoms in total. The number of phenols is 28. The van der Waals surface area contributed by atoms with Crippen molar-refractivity contribution in [3.05, 3.63) is 128 Å². The predicted octanol–water partition coefficient (Wildman–Crippen LogP) is 3.99. The van der Waals surface area contributed by atoms with Gasteiger partial charge in [-0.25, -0.2) is 47.9 Å². The van der Waals surface area contributed by atoms with E-state index in [2.05, 4.69) is 0 Å². The number of phenolic OH excluding ortho intramolecular Hbond substituents is 28. The third-order valence-electron chi connectivity index (χ3n) is 21.4. The van der Waals surface area contributed by atoms with Crippen molar-refractivity contribution < 1.29 is 253 Å². The molecule has 0 aliphatic carbocycles. The van der Waals surface area contributed by atoms with Crippen molar-refractivity contribution >= 4 is 59.7 Å². The minimum absolute atomic E-state index is 0.208. The van der Waals surface area contributed by atoms with Crippen LogP contribution < -0.4 is 4.74 Å². The van der Waals surface area contributed by atoms with Gasteiger partial charge in [0.15, 0.2) is 145 Å². The number of ether oxygens (including phenoxy) is 13. The monoisotopic (exact) mass is 1850 g/mol. The average Bonchev–Trinajstić information content (AvgIpc) is 1.51. The van der Waals surface area contributed by atoms with Gasteiger partial charge in [-0.15, -0.1) is 0 Å². The summed E-state index contributed by atoms with van der Waals surface area (Å²) >= 11 is 0. The van der Waals surface area contributed by atoms with Gasteiger partial charge >= 0.3 is 59.7 Å². The highest BCUT2D eigenvalue weighted by Gasteiger charge is 2.59. The van der Waals surface area contributed by atoms with Crippen molar-refractivity contribution in [3.8, 4) is 217 Å². The molecule has 10 unspecified atom stereocenters. The van der Waals surface area contributed by atoms with Crippen LogP contribution in [0.25, 0.3) is 44.5 Å². The van der Waals surface area contributed by atoms with Gasteiger partial charge in [-0.05, 0) is 66.7 Å². The lowest BCUT2D eigenvalue weighted by Gasteiger charge is -2.44. The maximum absolute atomic E-state index is 15.8. The summed E-state index contributed by atoms with van der Waals surface area (Å²) in [6, 6.07) is 3.76. The van der Waals surface area contributed by atoms with Crippen LogP contribution in [0.1, 0.15) is 104 Å². The van der Waals surface area contributed by atoms with Gasteiger partial charge < -0.3 is 205 Å². The number of hydrogen-bond acceptors (Lipinski definition) is 51. The van der Waals surface area contributed by atoms with Gasteiger partial charge in [0.2, 0.25) is 76.5 Å². The molecule has 0 radical (unpaired) electrons. The van der Waals surface area contributed by atoms with Crippen LogP contribution in [0.2, 0.25) is 0 Å². The van der Waals surface area contributed by atoms with E-state index in [-0.39, 0.29) is 42.5 Å². The van der Waals surface area contributed by atoms with E-state index in [0.717, 1.165) is 0 Å². The number of rotatable bonds is 6. The number of fused-ring (bicyclic) bond motifs is 18. The molecule has 6 aliphatic heterocycles. The Bertz CT molecular complexity index is 6900. The molecule has 0 amide bonds. The molecule has 10 aromatic carbocycles. The van der Waals surface area contributed by atoms with Gasteiger partial charge in [-0.3, -0.25) is 0 Å². The first-order valence-electron chi connectivity index (χ1n) is 37.1. The number of cyclic esters (lactones) is 2. The Kier molecular flexibility index (Phi) is 20.8. The second-order valence-corrected chi connectivity index (χ2v) is 29.2. The number of aromatic hydroxyl groups is 28. The summed E-state index contributed by atoms with van der Waals surface area (Å²) in [6.45, 7) is -3.05. The molecule has 10 aromatic rings. The third kappa shape index (κ3) is 14.0. The van der Waals surface area contributed by atoms with Crippen molar-refractivity contribution in [2.75, 3.05) is 13.2 Å². The van der Waals surface area contributed by atoms with Crippen molar-refractivity contribution in [1.82, 2.24) is 0 Å². The highest BCUT2D eigenvalue weighted by Crippen LogP contribution is 2.61. The van der Waals surface area contributed by atoms with E-state index in [4.69, 9.17) is 61.6 Å². The molecule has 0 spiro atoms. The number of benzene rings is 10. The van der Waals surface area contributed by atoms with Gasteiger partial charge in [0.1, 0.15) is 25.4 Å². The van der Waals surface area contributed by atoms with Crippen LogP contribution >= 0.6 is 0 Å². The van der Waals surface area contributed by atoms with Crippen molar-refractivity contribution in [2.24, 2.45) is 0 Å². The van der Waals surface area contributed by atoms with E-state index >= 15 is 28.8 Å². The normalized spacial score (nSPS) is 20.2. The minimum Gasteiger partial charge on any atom is -0.504 e. The first kappa shape index (κ1) is 87.5. The maximum atomic E-state index is 15.8. The summed E-state index contributed by atoms with van der Waals surface area (Å²) in [5.74, 6) is -65.2. The van der Waals surface area contributed by atoms with E-state index in [1.165, 1.54) is 0 Å². The van der Waals surface area contributed by atoms with E-state index < -0.39 is 407 Å². The summed E-state index contributed by atoms with van der Waals surface area (Å²) in [5, 5.41) is 311. The Morgan fingerprint density at radius 1 is 0.226 bits per heavy atom. The van der Waals surface area contributed by atoms with Gasteiger partial charge in [-0.1, -0.05) is 0 Å². The average molecular weight is 1860 g/mol. The van der Waals surface area contributed by atoms with Gasteiger partial charge in [0.05, 0.1) is 55.6 Å². The molecule has 6 aliphatic rings. The molecule has 6 heterocycles. The number of hydrogen-bond donors (Lipinski definition) is 28. The molecule has 10 atom stereocenters. The van der Waals surface area contributed by atoms with Crippen LogP contribution in [-0.4, -0.2) is 277 Å². The molecule has 16 rings (SSSR count). The van der Waals surface area contributed by atoms with Crippen molar-refractivity contribution in [2.45, 2.75) is 61.4 Å². The van der Waals surface area contributed by atoms with Crippen LogP contribution in [0.15, 0.2) is 72.8 Å². The van der Waals surface area contributed by atoms with Gasteiger partial charge in [-0.2, -0.15) is 0 Å². The Labute approximate surface area is 729 Å². The topological polar surface area (TPSA) is 857 Å². The smallest absolute Gasteiger partial charge is 0.340 e. The largest absolute Gasteiger partial charge is 0.504 e. The SMILES string of the molecule is O=C(OC1OC2COC(=O)c3cc(O)c(O)c(O)c3-c3c(cc(O)c(O)c3O)C(=O)OC2C2OC(=O)c3cc(O)c(O)c(O)c3-c3c(cc(O)c(O)c3O)C(=O)OC12)c1cc(O)c(O)c(Oc2cc3c(c(O)c2O)-c2c(cc(O)c(O)c2O)C(=O)OCC2OC(OC(=O)c4cc(O)c(O)c(O)c4)C4OC(=O)c5cc(O)c(O)c(O)c5-c5c(cc(O)c(O)c5O)C(=O)OC4C2OC3=O)c1. The molecule has 0 saturated carbocycles. The maximum Gasteiger partial charge on any atom is 0.340 e. The molecule has 2 fully saturated rings. The first-order valence-corrected chi connectivity index (χ1v) is 37.1. The molecule has 2 saturated heterocycles. The fourth-order valence-electron chi connectivity index (χ4n) is 15.1. The summed E-state index contributed by atoms with van der Waals surface area (Å²) in [4.78, 5) is 150. The number of carbonyl (C=O) groups excluding carboxylic acids is 10. The lowest BCUT2D eigenvalue weighted by molar-refractivity contribution is -0.283. The zero-order valence-electron chi connectivity index (χ0n) is 65.0. The molecule has 51 heteroatoms. The zero-order chi connectivity index (χ0) is 96.4. The molecule has 688 valence electrons. The second-order valence-electron chi connectivity index (χ2n) is 29.2. The fraction of sp³-hybridized carbons (Fsp3) is 0.146.